The molecule has 3 heterocycles. The first-order valence-corrected chi connectivity index (χ1v) is 7.39. The van der Waals surface area contributed by atoms with Crippen molar-refractivity contribution in [3.05, 3.63) is 23.7 Å². The lowest BCUT2D eigenvalue weighted by atomic mass is 10.1. The highest BCUT2D eigenvalue weighted by molar-refractivity contribution is 7.91. The van der Waals surface area contributed by atoms with Gasteiger partial charge in [0, 0.05) is 12.1 Å². The summed E-state index contributed by atoms with van der Waals surface area (Å²) in [6.07, 6.45) is 2.37. The number of nitrogens with zero attached hydrogens (tertiary/aromatic N) is 2. The van der Waals surface area contributed by atoms with Gasteiger partial charge in [-0.2, -0.15) is 0 Å². The molecule has 2 aromatic heterocycles. The maximum absolute atomic E-state index is 11.4. The molecule has 0 saturated carbocycles. The van der Waals surface area contributed by atoms with Crippen molar-refractivity contribution in [3.63, 3.8) is 0 Å². The summed E-state index contributed by atoms with van der Waals surface area (Å²) >= 11 is 0. The molecule has 0 aliphatic carbocycles. The van der Waals surface area contributed by atoms with Gasteiger partial charge in [0.25, 0.3) is 0 Å². The normalized spacial score (nSPS) is 23.2. The molecule has 1 aliphatic rings. The summed E-state index contributed by atoms with van der Waals surface area (Å²) in [4.78, 5) is 11.8. The third kappa shape index (κ3) is 1.82. The van der Waals surface area contributed by atoms with Crippen molar-refractivity contribution in [1.29, 1.82) is 0 Å². The molecule has 0 radical (unpaired) electrons. The molecule has 1 N–H and O–H groups in total. The van der Waals surface area contributed by atoms with E-state index >= 15 is 0 Å². The number of hydrogen-bond donors (Lipinski definition) is 1. The Kier molecular flexibility index (Phi) is 2.22. The highest BCUT2D eigenvalue weighted by atomic mass is 32.2. The number of aromatic nitrogens is 3. The van der Waals surface area contributed by atoms with Crippen molar-refractivity contribution in [3.8, 4) is 0 Å². The predicted octanol–water partition coefficient (Wildman–Crippen LogP) is 1.17. The van der Waals surface area contributed by atoms with E-state index in [1.807, 2.05) is 13.0 Å². The average molecular weight is 251 g/mol. The Labute approximate surface area is 99.2 Å². The monoisotopic (exact) mass is 251 g/mol. The molecule has 90 valence electrons. The van der Waals surface area contributed by atoms with E-state index in [1.54, 1.807) is 6.20 Å². The van der Waals surface area contributed by atoms with E-state index in [0.717, 1.165) is 16.9 Å². The van der Waals surface area contributed by atoms with Crippen LogP contribution < -0.4 is 0 Å². The summed E-state index contributed by atoms with van der Waals surface area (Å²) in [6.45, 7) is 1.98. The van der Waals surface area contributed by atoms with Crippen molar-refractivity contribution < 1.29 is 8.42 Å². The Morgan fingerprint density at radius 3 is 2.94 bits per heavy atom. The molecule has 1 atom stereocenters. The van der Waals surface area contributed by atoms with Crippen molar-refractivity contribution >= 4 is 21.0 Å². The minimum Gasteiger partial charge on any atom is -0.340 e. The topological polar surface area (TPSA) is 75.7 Å². The molecule has 0 bridgehead atoms. The second kappa shape index (κ2) is 3.53. The second-order valence-electron chi connectivity index (χ2n) is 4.55. The van der Waals surface area contributed by atoms with E-state index in [9.17, 15) is 8.42 Å². The smallest absolute Gasteiger partial charge is 0.177 e. The lowest BCUT2D eigenvalue weighted by molar-refractivity contribution is 0.601. The van der Waals surface area contributed by atoms with Crippen LogP contribution in [0.5, 0.6) is 0 Å². The van der Waals surface area contributed by atoms with Crippen LogP contribution in [0, 0.1) is 6.92 Å². The molecule has 1 unspecified atom stereocenters. The third-order valence-corrected chi connectivity index (χ3v) is 5.01. The molecule has 0 aromatic carbocycles. The Bertz CT molecular complexity index is 675. The van der Waals surface area contributed by atoms with Crippen molar-refractivity contribution in [2.75, 3.05) is 11.5 Å². The average Bonchev–Trinajstić information content (AvgIpc) is 2.82. The molecular weight excluding hydrogens is 238 g/mol. The maximum atomic E-state index is 11.4. The van der Waals surface area contributed by atoms with Crippen LogP contribution in [0.15, 0.2) is 12.3 Å². The number of sulfone groups is 1. The minimum absolute atomic E-state index is 0.00593. The van der Waals surface area contributed by atoms with Gasteiger partial charge >= 0.3 is 0 Å². The summed E-state index contributed by atoms with van der Waals surface area (Å²) in [5.74, 6) is 1.21. The fraction of sp³-hybridized carbons (Fsp3) is 0.455. The number of aryl methyl sites for hydroxylation is 1. The molecule has 3 rings (SSSR count). The number of H-pyrrole nitrogens is 1. The third-order valence-electron chi connectivity index (χ3n) is 3.24. The van der Waals surface area contributed by atoms with Gasteiger partial charge in [-0.15, -0.1) is 0 Å². The Hall–Kier alpha value is -1.43. The number of pyridine rings is 1. The van der Waals surface area contributed by atoms with Crippen LogP contribution >= 0.6 is 0 Å². The zero-order chi connectivity index (χ0) is 12.0. The lowest BCUT2D eigenvalue weighted by Crippen LogP contribution is -2.04. The summed E-state index contributed by atoms with van der Waals surface area (Å²) in [5, 5.41) is 0. The van der Waals surface area contributed by atoms with Gasteiger partial charge in [0.2, 0.25) is 0 Å². The first kappa shape index (κ1) is 10.7. The van der Waals surface area contributed by atoms with Gasteiger partial charge in [-0.05, 0) is 25.0 Å². The Balaban J connectivity index is 2.05. The van der Waals surface area contributed by atoms with E-state index in [4.69, 9.17) is 0 Å². The first-order chi connectivity index (χ1) is 8.05. The Morgan fingerprint density at radius 2 is 2.29 bits per heavy atom. The molecule has 1 aliphatic heterocycles. The number of fused-ring (bicyclic) bond motifs is 1. The van der Waals surface area contributed by atoms with E-state index in [2.05, 4.69) is 15.0 Å². The van der Waals surface area contributed by atoms with Crippen molar-refractivity contribution in [1.82, 2.24) is 15.0 Å². The van der Waals surface area contributed by atoms with Gasteiger partial charge in [-0.1, -0.05) is 0 Å². The number of rotatable bonds is 1. The molecule has 5 nitrogen and oxygen atoms in total. The SMILES string of the molecule is Cc1ccnc2nc(C3CCS(=O)(=O)C3)[nH]c12. The van der Waals surface area contributed by atoms with Crippen LogP contribution in [0.25, 0.3) is 11.2 Å². The van der Waals surface area contributed by atoms with Gasteiger partial charge in [-0.3, -0.25) is 0 Å². The standard InChI is InChI=1S/C11H13N3O2S/c1-7-2-4-12-11-9(7)13-10(14-11)8-3-5-17(15,16)6-8/h2,4,8H,3,5-6H2,1H3,(H,12,13,14). The molecule has 0 spiro atoms. The van der Waals surface area contributed by atoms with Crippen LogP contribution in [0.3, 0.4) is 0 Å². The highest BCUT2D eigenvalue weighted by Crippen LogP contribution is 2.28. The summed E-state index contributed by atoms with van der Waals surface area (Å²) in [5.41, 5.74) is 2.66. The number of nitrogens with one attached hydrogen (secondary N) is 1. The fourth-order valence-electron chi connectivity index (χ4n) is 2.26. The molecule has 1 saturated heterocycles. The van der Waals surface area contributed by atoms with E-state index in [1.165, 1.54) is 0 Å². The maximum Gasteiger partial charge on any atom is 0.177 e. The Morgan fingerprint density at radius 1 is 1.47 bits per heavy atom. The molecular formula is C11H13N3O2S. The number of imidazole rings is 1. The van der Waals surface area contributed by atoms with Gasteiger partial charge in [-0.25, -0.2) is 18.4 Å². The molecule has 6 heteroatoms. The molecule has 17 heavy (non-hydrogen) atoms. The summed E-state index contributed by atoms with van der Waals surface area (Å²) in [7, 11) is -2.87. The summed E-state index contributed by atoms with van der Waals surface area (Å²) in [6, 6.07) is 1.91. The van der Waals surface area contributed by atoms with Crippen molar-refractivity contribution in [2.24, 2.45) is 0 Å². The number of aromatic amines is 1. The van der Waals surface area contributed by atoms with Crippen LogP contribution in [0.1, 0.15) is 23.7 Å². The molecule has 2 aromatic rings. The van der Waals surface area contributed by atoms with Gasteiger partial charge < -0.3 is 4.98 Å². The van der Waals surface area contributed by atoms with Gasteiger partial charge in [0.1, 0.15) is 5.82 Å². The predicted molar refractivity (Wildman–Crippen MR) is 64.6 cm³/mol. The van der Waals surface area contributed by atoms with Crippen LogP contribution in [-0.2, 0) is 9.84 Å². The lowest BCUT2D eigenvalue weighted by Gasteiger charge is -2.01. The van der Waals surface area contributed by atoms with Crippen molar-refractivity contribution in [2.45, 2.75) is 19.3 Å². The number of hydrogen-bond acceptors (Lipinski definition) is 4. The zero-order valence-corrected chi connectivity index (χ0v) is 10.3. The summed E-state index contributed by atoms with van der Waals surface area (Å²) < 4.78 is 22.9. The van der Waals surface area contributed by atoms with E-state index in [0.29, 0.717) is 12.1 Å². The fourth-order valence-corrected chi connectivity index (χ4v) is 4.01. The largest absolute Gasteiger partial charge is 0.340 e. The first-order valence-electron chi connectivity index (χ1n) is 5.57. The van der Waals surface area contributed by atoms with Crippen LogP contribution in [-0.4, -0.2) is 34.9 Å². The zero-order valence-electron chi connectivity index (χ0n) is 9.47. The molecule has 1 fully saturated rings. The van der Waals surface area contributed by atoms with E-state index < -0.39 is 9.84 Å². The minimum atomic E-state index is -2.87. The van der Waals surface area contributed by atoms with Crippen LogP contribution in [0.4, 0.5) is 0 Å². The second-order valence-corrected chi connectivity index (χ2v) is 6.78. The molecule has 0 amide bonds. The van der Waals surface area contributed by atoms with Gasteiger partial charge in [0.05, 0.1) is 17.0 Å². The van der Waals surface area contributed by atoms with E-state index in [-0.39, 0.29) is 17.4 Å². The quantitative estimate of drug-likeness (QED) is 0.825. The highest BCUT2D eigenvalue weighted by Gasteiger charge is 2.31. The van der Waals surface area contributed by atoms with Crippen LogP contribution in [0.2, 0.25) is 0 Å². The van der Waals surface area contributed by atoms with Gasteiger partial charge in [0.15, 0.2) is 15.5 Å².